The van der Waals surface area contributed by atoms with Crippen LogP contribution in [0.2, 0.25) is 0 Å². The van der Waals surface area contributed by atoms with Gasteiger partial charge in [-0.25, -0.2) is 4.79 Å². The summed E-state index contributed by atoms with van der Waals surface area (Å²) in [5, 5.41) is 2.52. The van der Waals surface area contributed by atoms with Gasteiger partial charge in [-0.05, 0) is 5.56 Å². The van der Waals surface area contributed by atoms with Crippen molar-refractivity contribution in [3.63, 3.8) is 0 Å². The van der Waals surface area contributed by atoms with Gasteiger partial charge in [0.05, 0.1) is 0 Å². The average Bonchev–Trinajstić information content (AvgIpc) is 2.41. The lowest BCUT2D eigenvalue weighted by molar-refractivity contribution is -0.147. The summed E-state index contributed by atoms with van der Waals surface area (Å²) in [4.78, 5) is 22.6. The number of hydrogen-bond acceptors (Lipinski definition) is 4. The molecule has 1 aromatic rings. The predicted octanol–water partition coefficient (Wildman–Crippen LogP) is 2.38. The Hall–Kier alpha value is -1.49. The van der Waals surface area contributed by atoms with Crippen LogP contribution in [0.15, 0.2) is 30.3 Å². The number of hydrogen-bond donors (Lipinski definition) is 1. The van der Waals surface area contributed by atoms with Crippen LogP contribution in [0, 0.1) is 0 Å². The van der Waals surface area contributed by atoms with Crippen LogP contribution in [0.5, 0.6) is 0 Å². The largest absolute Gasteiger partial charge is 0.459 e. The van der Waals surface area contributed by atoms with Gasteiger partial charge in [0, 0.05) is 10.5 Å². The second-order valence-electron chi connectivity index (χ2n) is 5.35. The van der Waals surface area contributed by atoms with E-state index < -0.39 is 12.0 Å². The molecule has 0 fully saturated rings. The van der Waals surface area contributed by atoms with Crippen molar-refractivity contribution in [2.75, 3.05) is 5.75 Å². The normalized spacial score (nSPS) is 12.6. The molecule has 0 saturated carbocycles. The van der Waals surface area contributed by atoms with Gasteiger partial charge in [0.25, 0.3) is 0 Å². The summed E-state index contributed by atoms with van der Waals surface area (Å²) < 4.78 is 5.26. The molecule has 0 aliphatic rings. The second-order valence-corrected chi connectivity index (χ2v) is 7.20. The van der Waals surface area contributed by atoms with Crippen LogP contribution in [0.25, 0.3) is 0 Å². The molecule has 1 amide bonds. The third-order valence-electron chi connectivity index (χ3n) is 2.46. The first-order chi connectivity index (χ1) is 9.42. The average molecular weight is 295 g/mol. The summed E-state index contributed by atoms with van der Waals surface area (Å²) in [5.41, 5.74) is 0.925. The fourth-order valence-corrected chi connectivity index (χ4v) is 2.33. The molecule has 1 rings (SSSR count). The van der Waals surface area contributed by atoms with E-state index in [-0.39, 0.29) is 11.4 Å². The highest BCUT2D eigenvalue weighted by atomic mass is 32.2. The van der Waals surface area contributed by atoms with E-state index in [1.807, 2.05) is 30.3 Å². The molecule has 110 valence electrons. The van der Waals surface area contributed by atoms with E-state index in [0.29, 0.717) is 12.2 Å². The van der Waals surface area contributed by atoms with Gasteiger partial charge in [-0.15, -0.1) is 0 Å². The topological polar surface area (TPSA) is 55.4 Å². The minimum absolute atomic E-state index is 0.0303. The van der Waals surface area contributed by atoms with Crippen LogP contribution in [-0.2, 0) is 20.9 Å². The summed E-state index contributed by atoms with van der Waals surface area (Å²) in [5.74, 6) is 0.0910. The molecular formula is C15H21NO3S. The zero-order valence-corrected chi connectivity index (χ0v) is 12.9. The number of nitrogens with one attached hydrogen (secondary N) is 1. The Labute approximate surface area is 124 Å². The van der Waals surface area contributed by atoms with Crippen molar-refractivity contribution < 1.29 is 14.3 Å². The number of thioether (sulfide) groups is 1. The molecule has 0 unspecified atom stereocenters. The standard InChI is InChI=1S/C15H21NO3S/c1-15(2,3)20-10-13(16-11-17)14(18)19-9-12-7-5-4-6-8-12/h4-8,11,13H,9-10H2,1-3H3,(H,16,17)/t13-/m0/s1. The number of benzene rings is 1. The van der Waals surface area contributed by atoms with Gasteiger partial charge in [-0.3, -0.25) is 4.79 Å². The number of ether oxygens (including phenoxy) is 1. The van der Waals surface area contributed by atoms with Gasteiger partial charge in [0.1, 0.15) is 12.6 Å². The van der Waals surface area contributed by atoms with E-state index >= 15 is 0 Å². The third kappa shape index (κ3) is 6.61. The summed E-state index contributed by atoms with van der Waals surface area (Å²) >= 11 is 1.61. The van der Waals surface area contributed by atoms with Crippen molar-refractivity contribution in [2.45, 2.75) is 38.2 Å². The molecule has 0 heterocycles. The molecule has 1 atom stereocenters. The molecule has 0 aliphatic heterocycles. The lowest BCUT2D eigenvalue weighted by Gasteiger charge is -2.21. The molecule has 0 radical (unpaired) electrons. The molecule has 0 saturated heterocycles. The lowest BCUT2D eigenvalue weighted by Crippen LogP contribution is -2.40. The van der Waals surface area contributed by atoms with Gasteiger partial charge in [-0.1, -0.05) is 51.1 Å². The third-order valence-corrected chi connectivity index (χ3v) is 3.83. The highest BCUT2D eigenvalue weighted by molar-refractivity contribution is 8.00. The quantitative estimate of drug-likeness (QED) is 0.620. The minimum Gasteiger partial charge on any atom is -0.459 e. The van der Waals surface area contributed by atoms with Gasteiger partial charge in [0.2, 0.25) is 6.41 Å². The van der Waals surface area contributed by atoms with Gasteiger partial charge in [0.15, 0.2) is 0 Å². The van der Waals surface area contributed by atoms with Crippen molar-refractivity contribution >= 4 is 24.1 Å². The fourth-order valence-electron chi connectivity index (χ4n) is 1.43. The fraction of sp³-hybridized carbons (Fsp3) is 0.467. The Morgan fingerprint density at radius 3 is 2.55 bits per heavy atom. The van der Waals surface area contributed by atoms with Crippen molar-refractivity contribution in [1.29, 1.82) is 0 Å². The molecule has 20 heavy (non-hydrogen) atoms. The van der Waals surface area contributed by atoms with Gasteiger partial charge in [-0.2, -0.15) is 11.8 Å². The zero-order chi connectivity index (χ0) is 15.0. The van der Waals surface area contributed by atoms with Crippen molar-refractivity contribution in [3.05, 3.63) is 35.9 Å². The van der Waals surface area contributed by atoms with Crippen molar-refractivity contribution in [2.24, 2.45) is 0 Å². The van der Waals surface area contributed by atoms with Crippen LogP contribution < -0.4 is 5.32 Å². The number of carbonyl (C=O) groups excluding carboxylic acids is 2. The Morgan fingerprint density at radius 2 is 2.00 bits per heavy atom. The Balaban J connectivity index is 2.49. The number of carbonyl (C=O) groups is 2. The molecule has 0 aliphatic carbocycles. The molecule has 5 heteroatoms. The molecule has 4 nitrogen and oxygen atoms in total. The van der Waals surface area contributed by atoms with Crippen LogP contribution in [0.1, 0.15) is 26.3 Å². The van der Waals surface area contributed by atoms with E-state index in [2.05, 4.69) is 26.1 Å². The Kier molecular flexibility index (Phi) is 6.58. The monoisotopic (exact) mass is 295 g/mol. The zero-order valence-electron chi connectivity index (χ0n) is 12.1. The van der Waals surface area contributed by atoms with Crippen molar-refractivity contribution in [3.8, 4) is 0 Å². The van der Waals surface area contributed by atoms with Crippen LogP contribution in [-0.4, -0.2) is 28.9 Å². The van der Waals surface area contributed by atoms with E-state index in [4.69, 9.17) is 4.74 Å². The molecular weight excluding hydrogens is 274 g/mol. The highest BCUT2D eigenvalue weighted by Crippen LogP contribution is 2.23. The maximum atomic E-state index is 12.0. The number of rotatable bonds is 7. The summed E-state index contributed by atoms with van der Waals surface area (Å²) in [6.45, 7) is 6.40. The maximum Gasteiger partial charge on any atom is 0.329 e. The van der Waals surface area contributed by atoms with Crippen LogP contribution in [0.3, 0.4) is 0 Å². The van der Waals surface area contributed by atoms with Gasteiger partial charge >= 0.3 is 5.97 Å². The molecule has 0 bridgehead atoms. The Morgan fingerprint density at radius 1 is 1.35 bits per heavy atom. The lowest BCUT2D eigenvalue weighted by atomic mass is 10.2. The number of esters is 1. The Bertz CT molecular complexity index is 428. The van der Waals surface area contributed by atoms with Crippen LogP contribution >= 0.6 is 11.8 Å². The molecule has 1 N–H and O–H groups in total. The SMILES string of the molecule is CC(C)(C)SC[C@H](NC=O)C(=O)OCc1ccccc1. The van der Waals surface area contributed by atoms with Crippen molar-refractivity contribution in [1.82, 2.24) is 5.32 Å². The highest BCUT2D eigenvalue weighted by Gasteiger charge is 2.22. The number of amides is 1. The molecule has 0 aromatic heterocycles. The molecule has 0 spiro atoms. The van der Waals surface area contributed by atoms with E-state index in [1.165, 1.54) is 0 Å². The summed E-state index contributed by atoms with van der Waals surface area (Å²) in [6, 6.07) is 8.85. The van der Waals surface area contributed by atoms with E-state index in [1.54, 1.807) is 11.8 Å². The first kappa shape index (κ1) is 16.6. The van der Waals surface area contributed by atoms with Gasteiger partial charge < -0.3 is 10.1 Å². The van der Waals surface area contributed by atoms with Crippen LogP contribution in [0.4, 0.5) is 0 Å². The predicted molar refractivity (Wildman–Crippen MR) is 81.4 cm³/mol. The second kappa shape index (κ2) is 7.94. The summed E-state index contributed by atoms with van der Waals surface area (Å²) in [7, 11) is 0. The van der Waals surface area contributed by atoms with E-state index in [0.717, 1.165) is 5.56 Å². The first-order valence-corrected chi connectivity index (χ1v) is 7.45. The summed E-state index contributed by atoms with van der Waals surface area (Å²) in [6.07, 6.45) is 0.539. The molecule has 1 aromatic carbocycles. The van der Waals surface area contributed by atoms with E-state index in [9.17, 15) is 9.59 Å². The maximum absolute atomic E-state index is 12.0. The smallest absolute Gasteiger partial charge is 0.329 e. The minimum atomic E-state index is -0.611. The first-order valence-electron chi connectivity index (χ1n) is 6.46.